The largest absolute Gasteiger partial charge is 0.445 e. The Morgan fingerprint density at radius 1 is 1.30 bits per heavy atom. The van der Waals surface area contributed by atoms with Crippen LogP contribution >= 0.6 is 0 Å². The van der Waals surface area contributed by atoms with E-state index >= 15 is 0 Å². The minimum absolute atomic E-state index is 0.0317. The number of nitrogens with zero attached hydrogens (tertiary/aromatic N) is 1. The Bertz CT molecular complexity index is 594. The van der Waals surface area contributed by atoms with Crippen molar-refractivity contribution in [3.63, 3.8) is 0 Å². The molecular weight excluding hydrogens is 300 g/mol. The molecule has 1 aromatic rings. The van der Waals surface area contributed by atoms with Gasteiger partial charge in [0.1, 0.15) is 6.61 Å². The predicted octanol–water partition coefficient (Wildman–Crippen LogP) is 0.946. The number of carbonyl (C=O) groups excluding carboxylic acids is 3. The molecule has 3 amide bonds. The summed E-state index contributed by atoms with van der Waals surface area (Å²) in [5, 5.41) is 11.6. The lowest BCUT2D eigenvalue weighted by Gasteiger charge is -2.22. The molecule has 1 aliphatic rings. The molecule has 7 nitrogen and oxygen atoms in total. The topological polar surface area (TPSA) is 95.9 Å². The van der Waals surface area contributed by atoms with Crippen LogP contribution in [0.3, 0.4) is 0 Å². The summed E-state index contributed by atoms with van der Waals surface area (Å²) >= 11 is 0. The molecule has 1 aromatic carbocycles. The summed E-state index contributed by atoms with van der Waals surface area (Å²) in [5.74, 6) is -0.815. The van der Waals surface area contributed by atoms with Crippen LogP contribution in [0.2, 0.25) is 0 Å². The first-order valence-electron chi connectivity index (χ1n) is 7.18. The van der Waals surface area contributed by atoms with Gasteiger partial charge in [0.15, 0.2) is 0 Å². The van der Waals surface area contributed by atoms with E-state index in [4.69, 9.17) is 9.84 Å². The molecule has 2 N–H and O–H groups in total. The number of aliphatic hydroxyl groups excluding tert-OH is 1. The van der Waals surface area contributed by atoms with Crippen LogP contribution in [0.15, 0.2) is 36.9 Å². The fourth-order valence-electron chi connectivity index (χ4n) is 2.33. The van der Waals surface area contributed by atoms with E-state index in [0.29, 0.717) is 11.1 Å². The molecule has 1 heterocycles. The third-order valence-electron chi connectivity index (χ3n) is 3.41. The molecule has 0 aliphatic carbocycles. The smallest absolute Gasteiger partial charge is 0.407 e. The van der Waals surface area contributed by atoms with Gasteiger partial charge in [-0.2, -0.15) is 0 Å². The number of carbonyl (C=O) groups is 3. The number of aliphatic hydroxyl groups is 1. The van der Waals surface area contributed by atoms with Crippen molar-refractivity contribution < 1.29 is 24.2 Å². The van der Waals surface area contributed by atoms with Crippen LogP contribution in [0.4, 0.5) is 4.79 Å². The molecule has 0 saturated heterocycles. The maximum atomic E-state index is 12.3. The van der Waals surface area contributed by atoms with E-state index in [1.165, 1.54) is 6.08 Å². The molecule has 0 bridgehead atoms. The number of amides is 3. The molecular formula is C16H18N2O5. The van der Waals surface area contributed by atoms with E-state index in [0.717, 1.165) is 4.90 Å². The third kappa shape index (κ3) is 3.75. The monoisotopic (exact) mass is 318 g/mol. The van der Waals surface area contributed by atoms with Gasteiger partial charge in [0.2, 0.25) is 0 Å². The summed E-state index contributed by atoms with van der Waals surface area (Å²) in [5.41, 5.74) is 0.684. The lowest BCUT2D eigenvalue weighted by atomic mass is 10.1. The van der Waals surface area contributed by atoms with E-state index in [2.05, 4.69) is 11.9 Å². The first-order valence-corrected chi connectivity index (χ1v) is 7.18. The van der Waals surface area contributed by atoms with Gasteiger partial charge in [0.05, 0.1) is 17.2 Å². The highest BCUT2D eigenvalue weighted by Gasteiger charge is 2.36. The molecule has 122 valence electrons. The number of alkyl carbamates (subject to hydrolysis) is 1. The second-order valence-corrected chi connectivity index (χ2v) is 5.01. The lowest BCUT2D eigenvalue weighted by molar-refractivity contribution is 0.0626. The number of hydrogen-bond donors (Lipinski definition) is 2. The molecule has 0 spiro atoms. The molecule has 2 rings (SSSR count). The van der Waals surface area contributed by atoms with Gasteiger partial charge in [-0.3, -0.25) is 14.5 Å². The average Bonchev–Trinajstić information content (AvgIpc) is 2.78. The van der Waals surface area contributed by atoms with Gasteiger partial charge in [0.25, 0.3) is 11.8 Å². The molecule has 0 radical (unpaired) electrons. The van der Waals surface area contributed by atoms with Gasteiger partial charge in [-0.1, -0.05) is 24.8 Å². The molecule has 0 saturated carbocycles. The van der Waals surface area contributed by atoms with Crippen molar-refractivity contribution in [3.05, 3.63) is 48.0 Å². The summed E-state index contributed by atoms with van der Waals surface area (Å²) in [7, 11) is 0. The number of imide groups is 1. The fraction of sp³-hybridized carbons (Fsp3) is 0.312. The zero-order chi connectivity index (χ0) is 16.8. The number of nitrogens with one attached hydrogen (secondary N) is 1. The van der Waals surface area contributed by atoms with E-state index in [9.17, 15) is 14.4 Å². The zero-order valence-electron chi connectivity index (χ0n) is 12.5. The Labute approximate surface area is 133 Å². The summed E-state index contributed by atoms with van der Waals surface area (Å²) in [4.78, 5) is 37.2. The standard InChI is InChI=1S/C16H18N2O5/c1-2-9-23-16(22)17-11(7-8-19)10-18-14(20)12-5-3-4-6-13(12)15(18)21/h2-6,11,19H,1,7-10H2,(H,17,22)/t11-/m0/s1. The number of fused-ring (bicyclic) bond motifs is 1. The van der Waals surface area contributed by atoms with E-state index < -0.39 is 23.9 Å². The van der Waals surface area contributed by atoms with Crippen molar-refractivity contribution in [2.75, 3.05) is 19.8 Å². The molecule has 0 unspecified atom stereocenters. The summed E-state index contributed by atoms with van der Waals surface area (Å²) in [6, 6.07) is 5.94. The Balaban J connectivity index is 2.06. The maximum Gasteiger partial charge on any atom is 0.407 e. The Kier molecular flexibility index (Phi) is 5.48. The predicted molar refractivity (Wildman–Crippen MR) is 82.0 cm³/mol. The first kappa shape index (κ1) is 16.7. The summed E-state index contributed by atoms with van der Waals surface area (Å²) < 4.78 is 4.81. The second-order valence-electron chi connectivity index (χ2n) is 5.01. The van der Waals surface area contributed by atoms with Crippen molar-refractivity contribution in [1.29, 1.82) is 0 Å². The average molecular weight is 318 g/mol. The minimum Gasteiger partial charge on any atom is -0.445 e. The highest BCUT2D eigenvalue weighted by molar-refractivity contribution is 6.21. The van der Waals surface area contributed by atoms with Gasteiger partial charge in [0, 0.05) is 13.2 Å². The Morgan fingerprint density at radius 3 is 2.43 bits per heavy atom. The van der Waals surface area contributed by atoms with Crippen LogP contribution in [0.1, 0.15) is 27.1 Å². The maximum absolute atomic E-state index is 12.3. The quantitative estimate of drug-likeness (QED) is 0.576. The first-order chi connectivity index (χ1) is 11.1. The van der Waals surface area contributed by atoms with Crippen molar-refractivity contribution in [1.82, 2.24) is 10.2 Å². The SMILES string of the molecule is C=CCOC(=O)N[C@@H](CCO)CN1C(=O)c2ccccc2C1=O. The molecule has 0 fully saturated rings. The molecule has 1 aliphatic heterocycles. The molecule has 0 aromatic heterocycles. The highest BCUT2D eigenvalue weighted by atomic mass is 16.5. The van der Waals surface area contributed by atoms with Gasteiger partial charge in [-0.15, -0.1) is 0 Å². The molecule has 23 heavy (non-hydrogen) atoms. The van der Waals surface area contributed by atoms with E-state index in [1.807, 2.05) is 0 Å². The normalized spacial score (nSPS) is 14.4. The lowest BCUT2D eigenvalue weighted by Crippen LogP contribution is -2.46. The van der Waals surface area contributed by atoms with Crippen LogP contribution in [0.25, 0.3) is 0 Å². The highest BCUT2D eigenvalue weighted by Crippen LogP contribution is 2.22. The van der Waals surface area contributed by atoms with Crippen molar-refractivity contribution in [3.8, 4) is 0 Å². The van der Waals surface area contributed by atoms with Crippen LogP contribution in [-0.2, 0) is 4.74 Å². The number of benzene rings is 1. The van der Waals surface area contributed by atoms with Crippen LogP contribution < -0.4 is 5.32 Å². The summed E-state index contributed by atoms with van der Waals surface area (Å²) in [6.07, 6.45) is 0.918. The fourth-order valence-corrected chi connectivity index (χ4v) is 2.33. The minimum atomic E-state index is -0.694. The van der Waals surface area contributed by atoms with Crippen LogP contribution in [0.5, 0.6) is 0 Å². The van der Waals surface area contributed by atoms with Gasteiger partial charge in [-0.05, 0) is 18.6 Å². The summed E-state index contributed by atoms with van der Waals surface area (Å²) in [6.45, 7) is 3.25. The second kappa shape index (κ2) is 7.55. The molecule has 1 atom stereocenters. The van der Waals surface area contributed by atoms with Crippen molar-refractivity contribution >= 4 is 17.9 Å². The molecule has 7 heteroatoms. The van der Waals surface area contributed by atoms with Crippen molar-refractivity contribution in [2.24, 2.45) is 0 Å². The number of hydrogen-bond acceptors (Lipinski definition) is 5. The van der Waals surface area contributed by atoms with Gasteiger partial charge in [-0.25, -0.2) is 4.79 Å². The Morgan fingerprint density at radius 2 is 1.91 bits per heavy atom. The third-order valence-corrected chi connectivity index (χ3v) is 3.41. The number of rotatable bonds is 7. The van der Waals surface area contributed by atoms with Gasteiger partial charge >= 0.3 is 6.09 Å². The zero-order valence-corrected chi connectivity index (χ0v) is 12.5. The number of ether oxygens (including phenoxy) is 1. The van der Waals surface area contributed by atoms with Crippen molar-refractivity contribution in [2.45, 2.75) is 12.5 Å². The Hall–Kier alpha value is -2.67. The van der Waals surface area contributed by atoms with Crippen LogP contribution in [0, 0.1) is 0 Å². The van der Waals surface area contributed by atoms with Crippen LogP contribution in [-0.4, -0.2) is 53.7 Å². The van der Waals surface area contributed by atoms with E-state index in [-0.39, 0.29) is 26.2 Å². The van der Waals surface area contributed by atoms with Gasteiger partial charge < -0.3 is 15.2 Å². The van der Waals surface area contributed by atoms with E-state index in [1.54, 1.807) is 24.3 Å².